The van der Waals surface area contributed by atoms with Crippen LogP contribution in [0.25, 0.3) is 11.1 Å². The summed E-state index contributed by atoms with van der Waals surface area (Å²) in [6, 6.07) is 8.27. The molecule has 0 spiro atoms. The van der Waals surface area contributed by atoms with Crippen molar-refractivity contribution in [1.29, 1.82) is 0 Å². The number of pyridine rings is 1. The smallest absolute Gasteiger partial charge is 0.320 e. The lowest BCUT2D eigenvalue weighted by atomic mass is 10.0. The van der Waals surface area contributed by atoms with Gasteiger partial charge in [0.25, 0.3) is 0 Å². The molecule has 3 aromatic rings. The Morgan fingerprint density at radius 3 is 2.66 bits per heavy atom. The Kier molecular flexibility index (Phi) is 5.05. The van der Waals surface area contributed by atoms with E-state index >= 15 is 0 Å². The van der Waals surface area contributed by atoms with Crippen molar-refractivity contribution in [3.8, 4) is 11.1 Å². The van der Waals surface area contributed by atoms with E-state index in [-0.39, 0.29) is 17.9 Å². The van der Waals surface area contributed by atoms with Crippen molar-refractivity contribution in [1.82, 2.24) is 20.1 Å². The van der Waals surface area contributed by atoms with Crippen molar-refractivity contribution in [2.24, 2.45) is 13.0 Å². The number of urea groups is 1. The van der Waals surface area contributed by atoms with Crippen molar-refractivity contribution in [3.63, 3.8) is 0 Å². The summed E-state index contributed by atoms with van der Waals surface area (Å²) in [4.78, 5) is 17.1. The van der Waals surface area contributed by atoms with Crippen LogP contribution in [0.3, 0.4) is 0 Å². The highest BCUT2D eigenvalue weighted by Crippen LogP contribution is 2.41. The Morgan fingerprint density at radius 2 is 2.03 bits per heavy atom. The number of amides is 2. The van der Waals surface area contributed by atoms with E-state index in [0.717, 1.165) is 35.2 Å². The second-order valence-electron chi connectivity index (χ2n) is 7.65. The molecule has 1 aliphatic carbocycles. The molecular weight excluding hydrogens is 369 g/mol. The van der Waals surface area contributed by atoms with Crippen LogP contribution < -0.4 is 10.6 Å². The number of rotatable bonds is 5. The average molecular weight is 393 g/mol. The highest BCUT2D eigenvalue weighted by Gasteiger charge is 2.33. The molecule has 0 aliphatic heterocycles. The predicted octanol–water partition coefficient (Wildman–Crippen LogP) is 4.51. The minimum atomic E-state index is -0.315. The summed E-state index contributed by atoms with van der Waals surface area (Å²) in [6.07, 6.45) is 5.82. The van der Waals surface area contributed by atoms with E-state index in [9.17, 15) is 9.18 Å². The van der Waals surface area contributed by atoms with E-state index in [1.54, 1.807) is 29.9 Å². The summed E-state index contributed by atoms with van der Waals surface area (Å²) in [7, 11) is 1.87. The van der Waals surface area contributed by atoms with Gasteiger partial charge in [0.1, 0.15) is 11.6 Å². The van der Waals surface area contributed by atoms with Crippen LogP contribution in [0, 0.1) is 25.6 Å². The number of benzene rings is 1. The topological polar surface area (TPSA) is 71.8 Å². The second kappa shape index (κ2) is 7.66. The molecule has 1 saturated carbocycles. The third kappa shape index (κ3) is 4.29. The van der Waals surface area contributed by atoms with Gasteiger partial charge in [-0.15, -0.1) is 0 Å². The molecular formula is C22H24FN5O. The van der Waals surface area contributed by atoms with Gasteiger partial charge >= 0.3 is 6.03 Å². The molecule has 1 unspecified atom stereocenters. The highest BCUT2D eigenvalue weighted by molar-refractivity contribution is 5.89. The van der Waals surface area contributed by atoms with Gasteiger partial charge in [0, 0.05) is 30.1 Å². The monoisotopic (exact) mass is 393 g/mol. The van der Waals surface area contributed by atoms with Crippen molar-refractivity contribution in [3.05, 3.63) is 65.4 Å². The molecule has 1 atom stereocenters. The molecule has 7 heteroatoms. The minimum absolute atomic E-state index is 0.134. The maximum Gasteiger partial charge on any atom is 0.320 e. The highest BCUT2D eigenvalue weighted by atomic mass is 19.1. The van der Waals surface area contributed by atoms with Gasteiger partial charge in [0.2, 0.25) is 0 Å². The van der Waals surface area contributed by atoms with Crippen LogP contribution in [0.5, 0.6) is 0 Å². The molecule has 1 fully saturated rings. The lowest BCUT2D eigenvalue weighted by Crippen LogP contribution is -2.34. The summed E-state index contributed by atoms with van der Waals surface area (Å²) < 4.78 is 15.3. The van der Waals surface area contributed by atoms with Crippen LogP contribution >= 0.6 is 0 Å². The van der Waals surface area contributed by atoms with E-state index in [1.807, 2.05) is 32.3 Å². The Labute approximate surface area is 169 Å². The first kappa shape index (κ1) is 19.1. The number of aromatic nitrogens is 3. The van der Waals surface area contributed by atoms with E-state index in [1.165, 1.54) is 6.07 Å². The molecule has 2 amide bonds. The fraction of sp³-hybridized carbons (Fsp3) is 0.318. The van der Waals surface area contributed by atoms with Crippen LogP contribution in [0.15, 0.2) is 42.7 Å². The van der Waals surface area contributed by atoms with Crippen molar-refractivity contribution >= 4 is 11.8 Å². The number of halogens is 1. The first-order valence-electron chi connectivity index (χ1n) is 9.71. The number of nitrogens with zero attached hydrogens (tertiary/aromatic N) is 3. The molecule has 29 heavy (non-hydrogen) atoms. The van der Waals surface area contributed by atoms with Gasteiger partial charge in [-0.1, -0.05) is 12.1 Å². The number of hydrogen-bond donors (Lipinski definition) is 2. The zero-order valence-electron chi connectivity index (χ0n) is 16.7. The molecule has 1 aromatic carbocycles. The molecule has 150 valence electrons. The molecule has 6 nitrogen and oxygen atoms in total. The second-order valence-corrected chi connectivity index (χ2v) is 7.65. The maximum atomic E-state index is 13.6. The summed E-state index contributed by atoms with van der Waals surface area (Å²) in [6.45, 7) is 3.64. The van der Waals surface area contributed by atoms with E-state index in [4.69, 9.17) is 0 Å². The van der Waals surface area contributed by atoms with Gasteiger partial charge in [-0.3, -0.25) is 10.00 Å². The Bertz CT molecular complexity index is 1060. The fourth-order valence-electron chi connectivity index (χ4n) is 3.55. The molecule has 0 bridgehead atoms. The molecule has 2 N–H and O–H groups in total. The molecule has 2 aromatic heterocycles. The molecule has 1 aliphatic rings. The van der Waals surface area contributed by atoms with Gasteiger partial charge in [-0.2, -0.15) is 5.10 Å². The van der Waals surface area contributed by atoms with E-state index < -0.39 is 0 Å². The van der Waals surface area contributed by atoms with Crippen LogP contribution in [-0.2, 0) is 7.05 Å². The molecule has 4 rings (SSSR count). The Morgan fingerprint density at radius 1 is 1.24 bits per heavy atom. The zero-order valence-corrected chi connectivity index (χ0v) is 16.7. The number of aryl methyl sites for hydroxylation is 3. The third-order valence-electron chi connectivity index (χ3n) is 5.26. The Hall–Kier alpha value is -3.22. The van der Waals surface area contributed by atoms with Crippen LogP contribution in [0.4, 0.5) is 15.0 Å². The number of nitrogens with one attached hydrogen (secondary N) is 2. The van der Waals surface area contributed by atoms with Crippen LogP contribution in [-0.4, -0.2) is 20.8 Å². The number of hydrogen-bond acceptors (Lipinski definition) is 3. The molecule has 0 radical (unpaired) electrons. The largest absolute Gasteiger partial charge is 0.331 e. The SMILES string of the molecule is Cc1cc(C(NC(=O)Nc2ccc(-c3cnn(C)c3)c(C)n2)C2CC2)ccc1F. The lowest BCUT2D eigenvalue weighted by Gasteiger charge is -2.20. The summed E-state index contributed by atoms with van der Waals surface area (Å²) in [5.74, 6) is 0.631. The van der Waals surface area contributed by atoms with Gasteiger partial charge < -0.3 is 5.32 Å². The predicted molar refractivity (Wildman–Crippen MR) is 110 cm³/mol. The van der Waals surface area contributed by atoms with Crippen LogP contribution in [0.1, 0.15) is 35.7 Å². The molecule has 0 saturated heterocycles. The third-order valence-corrected chi connectivity index (χ3v) is 5.26. The van der Waals surface area contributed by atoms with Crippen LogP contribution in [0.2, 0.25) is 0 Å². The van der Waals surface area contributed by atoms with Gasteiger partial charge in [-0.25, -0.2) is 14.2 Å². The fourth-order valence-corrected chi connectivity index (χ4v) is 3.55. The quantitative estimate of drug-likeness (QED) is 0.670. The zero-order chi connectivity index (χ0) is 20.5. The standard InChI is InChI=1S/C22H24FN5O/c1-13-10-16(6-8-19(13)23)21(15-4-5-15)27-22(29)26-20-9-7-18(14(2)25-20)17-11-24-28(3)12-17/h6-12,15,21H,4-5H2,1-3H3,(H2,25,26,27,29). The minimum Gasteiger partial charge on any atom is -0.331 e. The number of anilines is 1. The van der Waals surface area contributed by atoms with Gasteiger partial charge in [0.05, 0.1) is 12.2 Å². The van der Waals surface area contributed by atoms with Gasteiger partial charge in [-0.05, 0) is 61.9 Å². The van der Waals surface area contributed by atoms with Crippen molar-refractivity contribution in [2.75, 3.05) is 5.32 Å². The first-order chi connectivity index (χ1) is 13.9. The van der Waals surface area contributed by atoms with E-state index in [2.05, 4.69) is 20.7 Å². The molecule has 2 heterocycles. The summed E-state index contributed by atoms with van der Waals surface area (Å²) in [5.41, 5.74) is 4.27. The summed E-state index contributed by atoms with van der Waals surface area (Å²) >= 11 is 0. The summed E-state index contributed by atoms with van der Waals surface area (Å²) in [5, 5.41) is 10.0. The van der Waals surface area contributed by atoms with E-state index in [0.29, 0.717) is 17.3 Å². The normalized spacial score (nSPS) is 14.5. The lowest BCUT2D eigenvalue weighted by molar-refractivity contribution is 0.247. The maximum absolute atomic E-state index is 13.6. The number of carbonyl (C=O) groups excluding carboxylic acids is 1. The average Bonchev–Trinajstić information content (AvgIpc) is 3.43. The first-order valence-corrected chi connectivity index (χ1v) is 9.71. The van der Waals surface area contributed by atoms with Crippen molar-refractivity contribution < 1.29 is 9.18 Å². The Balaban J connectivity index is 1.47. The van der Waals surface area contributed by atoms with Crippen molar-refractivity contribution in [2.45, 2.75) is 32.7 Å². The van der Waals surface area contributed by atoms with Gasteiger partial charge in [0.15, 0.2) is 0 Å². The number of carbonyl (C=O) groups is 1.